The highest BCUT2D eigenvalue weighted by Crippen LogP contribution is 2.19. The van der Waals surface area contributed by atoms with Crippen molar-refractivity contribution in [3.8, 4) is 11.5 Å². The molecule has 1 amide bonds. The lowest BCUT2D eigenvalue weighted by atomic mass is 10.1. The van der Waals surface area contributed by atoms with E-state index in [2.05, 4.69) is 15.5 Å². The van der Waals surface area contributed by atoms with Gasteiger partial charge in [0, 0.05) is 18.2 Å². The fourth-order valence-corrected chi connectivity index (χ4v) is 2.48. The Labute approximate surface area is 156 Å². The van der Waals surface area contributed by atoms with Crippen LogP contribution in [0.1, 0.15) is 23.9 Å². The molecule has 0 atom stereocenters. The maximum Gasteiger partial charge on any atom is 0.310 e. The molecule has 1 N–H and O–H groups in total. The predicted molar refractivity (Wildman–Crippen MR) is 98.7 cm³/mol. The van der Waals surface area contributed by atoms with Crippen molar-refractivity contribution < 1.29 is 18.7 Å². The van der Waals surface area contributed by atoms with E-state index in [-0.39, 0.29) is 24.8 Å². The summed E-state index contributed by atoms with van der Waals surface area (Å²) in [5, 5.41) is 10.6. The van der Waals surface area contributed by atoms with E-state index in [0.29, 0.717) is 11.6 Å². The molecule has 0 unspecified atom stereocenters. The molecule has 27 heavy (non-hydrogen) atoms. The zero-order valence-electron chi connectivity index (χ0n) is 15.1. The third-order valence-electron chi connectivity index (χ3n) is 3.71. The Morgan fingerprint density at radius 1 is 1.11 bits per heavy atom. The highest BCUT2D eigenvalue weighted by Gasteiger charge is 2.12. The molecule has 0 saturated heterocycles. The Kier molecular flexibility index (Phi) is 5.61. The maximum absolute atomic E-state index is 12.0. The molecule has 7 heteroatoms. The quantitative estimate of drug-likeness (QED) is 0.674. The molecule has 3 aromatic rings. The highest BCUT2D eigenvalue weighted by molar-refractivity contribution is 5.88. The van der Waals surface area contributed by atoms with Crippen LogP contribution in [0.5, 0.6) is 0 Å². The van der Waals surface area contributed by atoms with Crippen LogP contribution in [0, 0.1) is 6.92 Å². The van der Waals surface area contributed by atoms with Crippen LogP contribution in [0.2, 0.25) is 0 Å². The third-order valence-corrected chi connectivity index (χ3v) is 3.71. The van der Waals surface area contributed by atoms with Crippen molar-refractivity contribution in [2.24, 2.45) is 0 Å². The topological polar surface area (TPSA) is 94.3 Å². The fourth-order valence-electron chi connectivity index (χ4n) is 2.48. The molecule has 1 heterocycles. The number of aromatic nitrogens is 2. The van der Waals surface area contributed by atoms with Gasteiger partial charge in [0.15, 0.2) is 6.61 Å². The molecular formula is C20H19N3O4. The molecule has 0 bridgehead atoms. The minimum absolute atomic E-state index is 0.0817. The van der Waals surface area contributed by atoms with E-state index in [4.69, 9.17) is 9.15 Å². The molecule has 3 rings (SSSR count). The molecular weight excluding hydrogens is 346 g/mol. The number of rotatable bonds is 6. The van der Waals surface area contributed by atoms with Gasteiger partial charge < -0.3 is 14.5 Å². The van der Waals surface area contributed by atoms with Crippen LogP contribution in [0.25, 0.3) is 11.5 Å². The molecule has 7 nitrogen and oxygen atoms in total. The number of carbonyl (C=O) groups excluding carboxylic acids is 2. The molecule has 0 spiro atoms. The fraction of sp³-hybridized carbons (Fsp3) is 0.200. The van der Waals surface area contributed by atoms with Gasteiger partial charge in [-0.1, -0.05) is 29.8 Å². The number of nitrogens with zero attached hydrogens (tertiary/aromatic N) is 2. The number of esters is 1. The summed E-state index contributed by atoms with van der Waals surface area (Å²) in [7, 11) is 0. The number of nitrogens with one attached hydrogen (secondary N) is 1. The van der Waals surface area contributed by atoms with Crippen molar-refractivity contribution in [3.05, 3.63) is 65.5 Å². The van der Waals surface area contributed by atoms with Crippen molar-refractivity contribution in [1.82, 2.24) is 10.2 Å². The Bertz CT molecular complexity index is 948. The second kappa shape index (κ2) is 8.27. The first-order chi connectivity index (χ1) is 13.0. The summed E-state index contributed by atoms with van der Waals surface area (Å²) < 4.78 is 10.7. The van der Waals surface area contributed by atoms with E-state index in [0.717, 1.165) is 16.7 Å². The SMILES string of the molecule is CC(=O)Nc1ccc(CC(=O)OCc2nnc(-c3cccc(C)c3)o2)cc1. The Morgan fingerprint density at radius 3 is 2.59 bits per heavy atom. The number of benzene rings is 2. The Hall–Kier alpha value is -3.48. The first-order valence-corrected chi connectivity index (χ1v) is 8.41. The van der Waals surface area contributed by atoms with Gasteiger partial charge in [0.25, 0.3) is 5.89 Å². The lowest BCUT2D eigenvalue weighted by molar-refractivity contribution is -0.144. The third kappa shape index (κ3) is 5.24. The highest BCUT2D eigenvalue weighted by atomic mass is 16.5. The van der Waals surface area contributed by atoms with Crippen LogP contribution in [0.15, 0.2) is 52.9 Å². The van der Waals surface area contributed by atoms with Crippen molar-refractivity contribution in [3.63, 3.8) is 0 Å². The molecule has 0 aliphatic rings. The van der Waals surface area contributed by atoms with Gasteiger partial charge in [-0.3, -0.25) is 9.59 Å². The van der Waals surface area contributed by atoms with Crippen molar-refractivity contribution in [1.29, 1.82) is 0 Å². The first-order valence-electron chi connectivity index (χ1n) is 8.41. The molecule has 2 aromatic carbocycles. The number of hydrogen-bond donors (Lipinski definition) is 1. The van der Waals surface area contributed by atoms with E-state index >= 15 is 0 Å². The monoisotopic (exact) mass is 365 g/mol. The predicted octanol–water partition coefficient (Wildman–Crippen LogP) is 3.29. The van der Waals surface area contributed by atoms with Crippen LogP contribution in [-0.2, 0) is 27.4 Å². The summed E-state index contributed by atoms with van der Waals surface area (Å²) in [6.45, 7) is 3.33. The van der Waals surface area contributed by atoms with Crippen molar-refractivity contribution in [2.45, 2.75) is 26.9 Å². The van der Waals surface area contributed by atoms with E-state index in [1.807, 2.05) is 31.2 Å². The minimum atomic E-state index is -0.405. The second-order valence-corrected chi connectivity index (χ2v) is 6.09. The summed E-state index contributed by atoms with van der Waals surface area (Å²) in [5.74, 6) is 0.0727. The molecule has 138 valence electrons. The molecule has 1 aromatic heterocycles. The summed E-state index contributed by atoms with van der Waals surface area (Å²) in [6.07, 6.45) is 0.110. The number of carbonyl (C=O) groups is 2. The largest absolute Gasteiger partial charge is 0.455 e. The average molecular weight is 365 g/mol. The molecule has 0 aliphatic carbocycles. The van der Waals surface area contributed by atoms with Crippen LogP contribution < -0.4 is 5.32 Å². The zero-order chi connectivity index (χ0) is 19.2. The minimum Gasteiger partial charge on any atom is -0.455 e. The van der Waals surface area contributed by atoms with Crippen LogP contribution in [-0.4, -0.2) is 22.1 Å². The van der Waals surface area contributed by atoms with Gasteiger partial charge in [-0.05, 0) is 36.8 Å². The standard InChI is InChI=1S/C20H19N3O4/c1-13-4-3-5-16(10-13)20-23-22-18(27-20)12-26-19(25)11-15-6-8-17(9-7-15)21-14(2)24/h3-10H,11-12H2,1-2H3,(H,21,24). The van der Waals surface area contributed by atoms with Crippen LogP contribution in [0.3, 0.4) is 0 Å². The van der Waals surface area contributed by atoms with Gasteiger partial charge >= 0.3 is 5.97 Å². The lowest BCUT2D eigenvalue weighted by Gasteiger charge is -2.05. The van der Waals surface area contributed by atoms with Gasteiger partial charge in [0.1, 0.15) is 0 Å². The van der Waals surface area contributed by atoms with Crippen molar-refractivity contribution >= 4 is 17.6 Å². The Balaban J connectivity index is 1.53. The normalized spacial score (nSPS) is 10.4. The zero-order valence-corrected chi connectivity index (χ0v) is 15.1. The number of hydrogen-bond acceptors (Lipinski definition) is 6. The molecule has 0 saturated carbocycles. The van der Waals surface area contributed by atoms with Gasteiger partial charge in [0.05, 0.1) is 6.42 Å². The maximum atomic E-state index is 12.0. The molecule has 0 fully saturated rings. The average Bonchev–Trinajstić information content (AvgIpc) is 3.10. The first kappa shape index (κ1) is 18.3. The number of ether oxygens (including phenoxy) is 1. The molecule has 0 aliphatic heterocycles. The molecule has 0 radical (unpaired) electrons. The lowest BCUT2D eigenvalue weighted by Crippen LogP contribution is -2.09. The number of anilines is 1. The van der Waals surface area contributed by atoms with Gasteiger partial charge in [-0.25, -0.2) is 0 Å². The smallest absolute Gasteiger partial charge is 0.310 e. The van der Waals surface area contributed by atoms with Crippen LogP contribution in [0.4, 0.5) is 5.69 Å². The van der Waals surface area contributed by atoms with E-state index in [1.54, 1.807) is 24.3 Å². The second-order valence-electron chi connectivity index (χ2n) is 6.09. The van der Waals surface area contributed by atoms with Gasteiger partial charge in [0.2, 0.25) is 11.8 Å². The number of amides is 1. The summed E-state index contributed by atoms with van der Waals surface area (Å²) in [4.78, 5) is 23.0. The van der Waals surface area contributed by atoms with Crippen molar-refractivity contribution in [2.75, 3.05) is 5.32 Å². The van der Waals surface area contributed by atoms with Crippen LogP contribution >= 0.6 is 0 Å². The summed E-state index contributed by atoms with van der Waals surface area (Å²) >= 11 is 0. The summed E-state index contributed by atoms with van der Waals surface area (Å²) in [5.41, 5.74) is 3.36. The van der Waals surface area contributed by atoms with E-state index < -0.39 is 5.97 Å². The van der Waals surface area contributed by atoms with Gasteiger partial charge in [-0.15, -0.1) is 10.2 Å². The summed E-state index contributed by atoms with van der Waals surface area (Å²) in [6, 6.07) is 14.7. The van der Waals surface area contributed by atoms with E-state index in [1.165, 1.54) is 6.92 Å². The number of aryl methyl sites for hydroxylation is 1. The van der Waals surface area contributed by atoms with E-state index in [9.17, 15) is 9.59 Å². The van der Waals surface area contributed by atoms with Gasteiger partial charge in [-0.2, -0.15) is 0 Å². The Morgan fingerprint density at radius 2 is 1.89 bits per heavy atom.